The van der Waals surface area contributed by atoms with Gasteiger partial charge in [-0.05, 0) is 47.5 Å². The Morgan fingerprint density at radius 3 is 1.48 bits per heavy atom. The second-order valence-corrected chi connectivity index (χ2v) is 6.74. The van der Waals surface area contributed by atoms with E-state index in [0.29, 0.717) is 0 Å². The summed E-state index contributed by atoms with van der Waals surface area (Å²) in [6.07, 6.45) is 0. The van der Waals surface area contributed by atoms with E-state index in [1.165, 1.54) is 48.5 Å². The largest absolute Gasteiger partial charge is 0.276 e. The normalized spacial score (nSPS) is 11.1. The van der Waals surface area contributed by atoms with E-state index >= 15 is 0 Å². The van der Waals surface area contributed by atoms with Crippen LogP contribution in [0.1, 0.15) is 20.7 Å². The molecule has 0 unspecified atom stereocenters. The van der Waals surface area contributed by atoms with E-state index in [-0.39, 0.29) is 20.9 Å². The fourth-order valence-electron chi connectivity index (χ4n) is 1.71. The Bertz CT molecular complexity index is 765. The molecule has 2 aromatic carbocycles. The molecule has 2 rings (SSSR count). The molecule has 0 aromatic heterocycles. The van der Waals surface area contributed by atoms with Gasteiger partial charge in [0.25, 0.3) is 10.5 Å². The number of hydrogen-bond donors (Lipinski definition) is 0. The maximum atomic E-state index is 12.5. The molecule has 0 aliphatic heterocycles. The van der Waals surface area contributed by atoms with Crippen LogP contribution in [0.5, 0.6) is 0 Å². The van der Waals surface area contributed by atoms with Gasteiger partial charge in [0.05, 0.1) is 9.79 Å². The zero-order valence-corrected chi connectivity index (χ0v) is 12.7. The number of hydrogen-bond acceptors (Lipinski definition) is 4. The van der Waals surface area contributed by atoms with Crippen LogP contribution in [0.2, 0.25) is 0 Å². The summed E-state index contributed by atoms with van der Waals surface area (Å²) >= 11 is 10.7. The van der Waals surface area contributed by atoms with Gasteiger partial charge in [-0.1, -0.05) is 24.3 Å². The van der Waals surface area contributed by atoms with Crippen LogP contribution < -0.4 is 0 Å². The second kappa shape index (κ2) is 5.97. The fraction of sp³-hybridized carbons (Fsp3) is 0. The highest BCUT2D eigenvalue weighted by Crippen LogP contribution is 2.23. The van der Waals surface area contributed by atoms with Gasteiger partial charge in [0.15, 0.2) is 0 Å². The van der Waals surface area contributed by atoms with Crippen LogP contribution in [0, 0.1) is 0 Å². The monoisotopic (exact) mass is 342 g/mol. The second-order valence-electron chi connectivity index (χ2n) is 4.11. The third-order valence-corrected chi connectivity index (χ3v) is 4.93. The van der Waals surface area contributed by atoms with Crippen molar-refractivity contribution in [1.29, 1.82) is 0 Å². The first-order valence-corrected chi connectivity index (χ1v) is 7.91. The van der Waals surface area contributed by atoms with Gasteiger partial charge >= 0.3 is 0 Å². The molecule has 0 spiro atoms. The summed E-state index contributed by atoms with van der Waals surface area (Å²) in [5.74, 6) is 0. The smallest absolute Gasteiger partial charge is 0.252 e. The van der Waals surface area contributed by atoms with Crippen LogP contribution in [0.3, 0.4) is 0 Å². The topological polar surface area (TPSA) is 68.3 Å². The van der Waals surface area contributed by atoms with Gasteiger partial charge in [0.1, 0.15) is 0 Å². The highest BCUT2D eigenvalue weighted by atomic mass is 35.5. The van der Waals surface area contributed by atoms with Gasteiger partial charge in [-0.25, -0.2) is 8.42 Å². The molecule has 0 fully saturated rings. The molecule has 4 nitrogen and oxygen atoms in total. The maximum Gasteiger partial charge on any atom is 0.252 e. The SMILES string of the molecule is O=C(Cl)c1cccc(S(=O)(=O)c2cccc(C(=O)Cl)c2)c1. The summed E-state index contributed by atoms with van der Waals surface area (Å²) in [6, 6.07) is 10.7. The van der Waals surface area contributed by atoms with Gasteiger partial charge in [0.2, 0.25) is 9.84 Å². The maximum absolute atomic E-state index is 12.5. The minimum atomic E-state index is -3.87. The first-order chi connectivity index (χ1) is 9.82. The van der Waals surface area contributed by atoms with Gasteiger partial charge in [0, 0.05) is 11.1 Å². The molecule has 7 heteroatoms. The highest BCUT2D eigenvalue weighted by Gasteiger charge is 2.20. The van der Waals surface area contributed by atoms with E-state index in [2.05, 4.69) is 0 Å². The summed E-state index contributed by atoms with van der Waals surface area (Å²) in [5, 5.41) is -1.51. The number of benzene rings is 2. The van der Waals surface area contributed by atoms with Crippen molar-refractivity contribution in [3.05, 3.63) is 59.7 Å². The fourth-order valence-corrected chi connectivity index (χ4v) is 3.29. The third kappa shape index (κ3) is 3.32. The van der Waals surface area contributed by atoms with Crippen molar-refractivity contribution in [3.8, 4) is 0 Å². The molecule has 0 heterocycles. The molecule has 0 aliphatic rings. The van der Waals surface area contributed by atoms with E-state index in [0.717, 1.165) is 0 Å². The standard InChI is InChI=1S/C14H8Cl2O4S/c15-13(17)9-3-1-5-11(7-9)21(19,20)12-6-2-4-10(8-12)14(16)18/h1-8H. The van der Waals surface area contributed by atoms with Crippen LogP contribution in [0.25, 0.3) is 0 Å². The van der Waals surface area contributed by atoms with Gasteiger partial charge in [-0.3, -0.25) is 9.59 Å². The zero-order chi connectivity index (χ0) is 15.6. The van der Waals surface area contributed by atoms with E-state index in [1.54, 1.807) is 0 Å². The van der Waals surface area contributed by atoms with Crippen molar-refractivity contribution in [2.45, 2.75) is 9.79 Å². The average molecular weight is 343 g/mol. The van der Waals surface area contributed by atoms with Gasteiger partial charge in [-0.2, -0.15) is 0 Å². The van der Waals surface area contributed by atoms with Crippen molar-refractivity contribution in [2.24, 2.45) is 0 Å². The van der Waals surface area contributed by atoms with Gasteiger partial charge < -0.3 is 0 Å². The Morgan fingerprint density at radius 2 is 1.14 bits per heavy atom. The predicted octanol–water partition coefficient (Wildman–Crippen LogP) is 3.28. The molecule has 0 saturated carbocycles. The lowest BCUT2D eigenvalue weighted by Crippen LogP contribution is -2.04. The molecule has 0 saturated heterocycles. The Kier molecular flexibility index (Phi) is 4.46. The molecule has 0 N–H and O–H groups in total. The average Bonchev–Trinajstić information content (AvgIpc) is 2.47. The lowest BCUT2D eigenvalue weighted by molar-refractivity contribution is 0.107. The Hall–Kier alpha value is -1.69. The number of carbonyl (C=O) groups excluding carboxylic acids is 2. The highest BCUT2D eigenvalue weighted by molar-refractivity contribution is 7.91. The van der Waals surface area contributed by atoms with Crippen LogP contribution in [-0.2, 0) is 9.84 Å². The molecular formula is C14H8Cl2O4S. The van der Waals surface area contributed by atoms with Crippen molar-refractivity contribution >= 4 is 43.5 Å². The minimum Gasteiger partial charge on any atom is -0.276 e. The van der Waals surface area contributed by atoms with Crippen LogP contribution in [0.4, 0.5) is 0 Å². The quantitative estimate of drug-likeness (QED) is 0.799. The Labute approximate surface area is 131 Å². The van der Waals surface area contributed by atoms with Crippen molar-refractivity contribution in [2.75, 3.05) is 0 Å². The zero-order valence-electron chi connectivity index (χ0n) is 10.4. The number of sulfone groups is 1. The summed E-state index contributed by atoms with van der Waals surface area (Å²) < 4.78 is 24.9. The van der Waals surface area contributed by atoms with Crippen molar-refractivity contribution in [1.82, 2.24) is 0 Å². The molecule has 0 amide bonds. The van der Waals surface area contributed by atoms with Crippen molar-refractivity contribution < 1.29 is 18.0 Å². The molecule has 2 aromatic rings. The van der Waals surface area contributed by atoms with E-state index in [4.69, 9.17) is 23.2 Å². The van der Waals surface area contributed by atoms with Gasteiger partial charge in [-0.15, -0.1) is 0 Å². The van der Waals surface area contributed by atoms with Crippen LogP contribution >= 0.6 is 23.2 Å². The Balaban J connectivity index is 2.57. The Morgan fingerprint density at radius 1 is 0.762 bits per heavy atom. The molecule has 0 aliphatic carbocycles. The molecule has 21 heavy (non-hydrogen) atoms. The summed E-state index contributed by atoms with van der Waals surface area (Å²) in [7, 11) is -3.87. The number of halogens is 2. The molecule has 0 bridgehead atoms. The first-order valence-electron chi connectivity index (χ1n) is 5.67. The van der Waals surface area contributed by atoms with E-state index in [9.17, 15) is 18.0 Å². The summed E-state index contributed by atoms with van der Waals surface area (Å²) in [6.45, 7) is 0. The number of rotatable bonds is 4. The minimum absolute atomic E-state index is 0.0716. The third-order valence-electron chi connectivity index (χ3n) is 2.74. The lowest BCUT2D eigenvalue weighted by atomic mass is 10.2. The molecule has 0 atom stereocenters. The molecular weight excluding hydrogens is 335 g/mol. The predicted molar refractivity (Wildman–Crippen MR) is 78.7 cm³/mol. The van der Waals surface area contributed by atoms with Crippen LogP contribution in [-0.4, -0.2) is 18.9 Å². The van der Waals surface area contributed by atoms with Crippen molar-refractivity contribution in [3.63, 3.8) is 0 Å². The van der Waals surface area contributed by atoms with Crippen LogP contribution in [0.15, 0.2) is 58.3 Å². The first kappa shape index (κ1) is 15.7. The van der Waals surface area contributed by atoms with E-state index < -0.39 is 20.3 Å². The van der Waals surface area contributed by atoms with E-state index in [1.807, 2.05) is 0 Å². The summed E-state index contributed by atoms with van der Waals surface area (Å²) in [4.78, 5) is 22.0. The molecule has 0 radical (unpaired) electrons. The number of carbonyl (C=O) groups is 2. The molecule has 108 valence electrons. The lowest BCUT2D eigenvalue weighted by Gasteiger charge is -2.06. The summed E-state index contributed by atoms with van der Waals surface area (Å²) in [5.41, 5.74) is 0.143.